The molecule has 110 valence electrons. The van der Waals surface area contributed by atoms with Crippen LogP contribution in [0.1, 0.15) is 24.6 Å². The van der Waals surface area contributed by atoms with Crippen LogP contribution in [0, 0.1) is 5.92 Å². The van der Waals surface area contributed by atoms with Gasteiger partial charge in [-0.25, -0.2) is 0 Å². The summed E-state index contributed by atoms with van der Waals surface area (Å²) in [7, 11) is -0.747. The highest BCUT2D eigenvalue weighted by Gasteiger charge is 2.35. The van der Waals surface area contributed by atoms with Crippen LogP contribution >= 0.6 is 0 Å². The number of aromatic amines is 1. The lowest BCUT2D eigenvalue weighted by atomic mass is 9.79. The molecule has 1 aromatic heterocycles. The fraction of sp³-hybridized carbons (Fsp3) is 0.667. The van der Waals surface area contributed by atoms with Gasteiger partial charge in [-0.15, -0.1) is 0 Å². The number of nitrogens with zero attached hydrogens (tertiary/aromatic N) is 2. The summed E-state index contributed by atoms with van der Waals surface area (Å²) < 4.78 is 11.5. The summed E-state index contributed by atoms with van der Waals surface area (Å²) in [6, 6.07) is 0.592. The van der Waals surface area contributed by atoms with Crippen LogP contribution in [0.25, 0.3) is 0 Å². The van der Waals surface area contributed by atoms with Crippen molar-refractivity contribution in [2.45, 2.75) is 32.2 Å². The van der Waals surface area contributed by atoms with Crippen molar-refractivity contribution in [1.82, 2.24) is 15.1 Å². The van der Waals surface area contributed by atoms with Crippen LogP contribution in [-0.4, -0.2) is 50.4 Å². The summed E-state index contributed by atoms with van der Waals surface area (Å²) in [5.41, 5.74) is 4.02. The maximum absolute atomic E-state index is 11.5. The Kier molecular flexibility index (Phi) is 4.08. The molecule has 1 aliphatic carbocycles. The van der Waals surface area contributed by atoms with E-state index in [-0.39, 0.29) is 0 Å². The Labute approximate surface area is 123 Å². The molecule has 2 heterocycles. The second-order valence-corrected chi connectivity index (χ2v) is 7.46. The topological polar surface area (TPSA) is 49.0 Å². The molecule has 1 aromatic rings. The largest absolute Gasteiger partial charge is 0.296 e. The van der Waals surface area contributed by atoms with E-state index in [1.807, 2.05) is 6.20 Å². The third-order valence-corrected chi connectivity index (χ3v) is 5.17. The van der Waals surface area contributed by atoms with E-state index in [9.17, 15) is 4.21 Å². The number of hydrogen-bond acceptors (Lipinski definition) is 3. The zero-order valence-electron chi connectivity index (χ0n) is 12.3. The highest BCUT2D eigenvalue weighted by Crippen LogP contribution is 2.33. The van der Waals surface area contributed by atoms with E-state index in [0.717, 1.165) is 31.7 Å². The molecular weight excluding hydrogens is 270 g/mol. The predicted octanol–water partition coefficient (Wildman–Crippen LogP) is 1.52. The molecule has 0 amide bonds. The summed E-state index contributed by atoms with van der Waals surface area (Å²) in [6.45, 7) is 4.35. The minimum absolute atomic E-state index is 0.543. The molecule has 1 unspecified atom stereocenters. The normalized spacial score (nSPS) is 27.6. The van der Waals surface area contributed by atoms with Crippen molar-refractivity contribution in [3.8, 4) is 0 Å². The summed E-state index contributed by atoms with van der Waals surface area (Å²) in [5.74, 6) is 1.26. The quantitative estimate of drug-likeness (QED) is 0.856. The third kappa shape index (κ3) is 2.74. The number of H-pyrrole nitrogens is 1. The highest BCUT2D eigenvalue weighted by molar-refractivity contribution is 7.84. The first kappa shape index (κ1) is 14.0. The second kappa shape index (κ2) is 5.82. The molecule has 0 fully saturated rings. The minimum atomic E-state index is -0.747. The zero-order valence-corrected chi connectivity index (χ0v) is 13.1. The van der Waals surface area contributed by atoms with Gasteiger partial charge in [-0.3, -0.25) is 14.2 Å². The van der Waals surface area contributed by atoms with Crippen LogP contribution in [0.4, 0.5) is 0 Å². The van der Waals surface area contributed by atoms with Gasteiger partial charge in [-0.1, -0.05) is 13.0 Å². The van der Waals surface area contributed by atoms with E-state index in [1.165, 1.54) is 23.3 Å². The Hall–Kier alpha value is -0.940. The Morgan fingerprint density at radius 2 is 2.35 bits per heavy atom. The monoisotopic (exact) mass is 293 g/mol. The van der Waals surface area contributed by atoms with Crippen molar-refractivity contribution in [3.63, 3.8) is 0 Å². The van der Waals surface area contributed by atoms with Gasteiger partial charge < -0.3 is 0 Å². The standard InChI is InChI=1S/C15H23N3OS/c1-3-4-18-9-11(10-20(2)19)5-12-6-14-13(7-15(12)18)8-16-17-14/h5,8,12,15H,3-4,6-7,9-10H2,1-2H3,(H,16,17)/t12-,15-,20?/m0/s1. The van der Waals surface area contributed by atoms with Crippen LogP contribution < -0.4 is 0 Å². The van der Waals surface area contributed by atoms with Crippen molar-refractivity contribution >= 4 is 10.8 Å². The van der Waals surface area contributed by atoms with Gasteiger partial charge in [0.15, 0.2) is 0 Å². The van der Waals surface area contributed by atoms with E-state index >= 15 is 0 Å². The average Bonchev–Trinajstić information content (AvgIpc) is 2.83. The lowest BCUT2D eigenvalue weighted by molar-refractivity contribution is 0.149. The van der Waals surface area contributed by atoms with Crippen molar-refractivity contribution in [1.29, 1.82) is 0 Å². The molecule has 0 saturated heterocycles. The molecule has 0 saturated carbocycles. The molecule has 0 spiro atoms. The van der Waals surface area contributed by atoms with Crippen LogP contribution in [0.5, 0.6) is 0 Å². The van der Waals surface area contributed by atoms with E-state index in [2.05, 4.69) is 28.1 Å². The van der Waals surface area contributed by atoms with Crippen molar-refractivity contribution in [2.24, 2.45) is 5.92 Å². The van der Waals surface area contributed by atoms with Gasteiger partial charge in [0.1, 0.15) is 0 Å². The van der Waals surface area contributed by atoms with Gasteiger partial charge in [-0.05, 0) is 42.9 Å². The van der Waals surface area contributed by atoms with Gasteiger partial charge in [-0.2, -0.15) is 5.10 Å². The molecule has 0 aromatic carbocycles. The van der Waals surface area contributed by atoms with Gasteiger partial charge in [0, 0.05) is 41.1 Å². The maximum Gasteiger partial charge on any atom is 0.0522 e. The van der Waals surface area contributed by atoms with E-state index in [1.54, 1.807) is 6.26 Å². The molecule has 20 heavy (non-hydrogen) atoms. The number of nitrogens with one attached hydrogen (secondary N) is 1. The van der Waals surface area contributed by atoms with Gasteiger partial charge in [0.2, 0.25) is 0 Å². The van der Waals surface area contributed by atoms with Crippen LogP contribution in [0.2, 0.25) is 0 Å². The van der Waals surface area contributed by atoms with E-state index in [4.69, 9.17) is 0 Å². The summed E-state index contributed by atoms with van der Waals surface area (Å²) in [4.78, 5) is 2.59. The van der Waals surface area contributed by atoms with Gasteiger partial charge >= 0.3 is 0 Å². The summed E-state index contributed by atoms with van der Waals surface area (Å²) >= 11 is 0. The molecule has 5 heteroatoms. The minimum Gasteiger partial charge on any atom is -0.296 e. The molecule has 4 nitrogen and oxygen atoms in total. The number of fused-ring (bicyclic) bond motifs is 2. The Morgan fingerprint density at radius 1 is 1.50 bits per heavy atom. The Morgan fingerprint density at radius 3 is 3.10 bits per heavy atom. The van der Waals surface area contributed by atoms with Crippen LogP contribution in [-0.2, 0) is 23.6 Å². The number of hydrogen-bond donors (Lipinski definition) is 1. The number of rotatable bonds is 4. The molecule has 1 aliphatic heterocycles. The molecule has 2 aliphatic rings. The van der Waals surface area contributed by atoms with Gasteiger partial charge in [0.25, 0.3) is 0 Å². The lowest BCUT2D eigenvalue weighted by Gasteiger charge is -2.42. The SMILES string of the molecule is CCCN1CC(CS(C)=O)=C[C@H]2Cc3[nH]ncc3C[C@@H]21. The van der Waals surface area contributed by atoms with Crippen molar-refractivity contribution in [2.75, 3.05) is 25.1 Å². The maximum atomic E-state index is 11.5. The molecule has 0 bridgehead atoms. The zero-order chi connectivity index (χ0) is 14.1. The highest BCUT2D eigenvalue weighted by atomic mass is 32.2. The second-order valence-electron chi connectivity index (χ2n) is 6.03. The van der Waals surface area contributed by atoms with Crippen molar-refractivity contribution in [3.05, 3.63) is 29.1 Å². The summed E-state index contributed by atoms with van der Waals surface area (Å²) in [6.07, 6.45) is 9.47. The van der Waals surface area contributed by atoms with E-state index in [0.29, 0.717) is 12.0 Å². The van der Waals surface area contributed by atoms with Crippen LogP contribution in [0.3, 0.4) is 0 Å². The third-order valence-electron chi connectivity index (χ3n) is 4.40. The van der Waals surface area contributed by atoms with Crippen molar-refractivity contribution < 1.29 is 4.21 Å². The Bertz CT molecular complexity index is 537. The average molecular weight is 293 g/mol. The predicted molar refractivity (Wildman–Crippen MR) is 82.2 cm³/mol. The molecule has 0 radical (unpaired) electrons. The molecular formula is C15H23N3OS. The van der Waals surface area contributed by atoms with E-state index < -0.39 is 10.8 Å². The smallest absolute Gasteiger partial charge is 0.0522 e. The summed E-state index contributed by atoms with van der Waals surface area (Å²) in [5, 5.41) is 7.32. The first-order valence-electron chi connectivity index (χ1n) is 7.42. The molecule has 3 atom stereocenters. The fourth-order valence-corrected chi connectivity index (χ4v) is 4.34. The molecule has 3 rings (SSSR count). The lowest BCUT2D eigenvalue weighted by Crippen LogP contribution is -2.49. The first-order chi connectivity index (χ1) is 9.67. The first-order valence-corrected chi connectivity index (χ1v) is 9.15. The fourth-order valence-electron chi connectivity index (χ4n) is 3.63. The van der Waals surface area contributed by atoms with Crippen LogP contribution in [0.15, 0.2) is 17.8 Å². The Balaban J connectivity index is 1.86. The molecule has 1 N–H and O–H groups in total. The number of aromatic nitrogens is 2. The van der Waals surface area contributed by atoms with Gasteiger partial charge in [0.05, 0.1) is 6.20 Å².